The summed E-state index contributed by atoms with van der Waals surface area (Å²) >= 11 is 1.63. The Morgan fingerprint density at radius 3 is 2.54 bits per heavy atom. The van der Waals surface area contributed by atoms with Gasteiger partial charge in [0.25, 0.3) is 5.91 Å². The molecule has 0 saturated heterocycles. The van der Waals surface area contributed by atoms with Crippen molar-refractivity contribution in [3.63, 3.8) is 0 Å². The van der Waals surface area contributed by atoms with E-state index in [9.17, 15) is 9.18 Å². The molecule has 2 heterocycles. The molecular formula is C21H25FN2OS. The number of nitrogens with one attached hydrogen (secondary N) is 1. The van der Waals surface area contributed by atoms with Crippen molar-refractivity contribution < 1.29 is 9.18 Å². The van der Waals surface area contributed by atoms with Crippen molar-refractivity contribution in [2.24, 2.45) is 0 Å². The Bertz CT molecular complexity index is 739. The number of nitrogens with zero attached hydrogens (tertiary/aromatic N) is 1. The number of amides is 1. The molecule has 1 aliphatic carbocycles. The van der Waals surface area contributed by atoms with Crippen molar-refractivity contribution in [3.8, 4) is 0 Å². The molecule has 0 radical (unpaired) electrons. The topological polar surface area (TPSA) is 32.3 Å². The van der Waals surface area contributed by atoms with E-state index in [1.54, 1.807) is 23.5 Å². The van der Waals surface area contributed by atoms with Crippen LogP contribution in [0.1, 0.15) is 64.2 Å². The van der Waals surface area contributed by atoms with Crippen LogP contribution >= 0.6 is 11.3 Å². The first kappa shape index (κ1) is 17.7. The minimum Gasteiger partial charge on any atom is -0.347 e. The summed E-state index contributed by atoms with van der Waals surface area (Å²) in [7, 11) is 0. The molecule has 1 aliphatic heterocycles. The molecule has 0 spiro atoms. The van der Waals surface area contributed by atoms with E-state index >= 15 is 0 Å². The number of hydrogen-bond acceptors (Lipinski definition) is 3. The smallest absolute Gasteiger partial charge is 0.261 e. The third-order valence-corrected chi connectivity index (χ3v) is 6.71. The number of benzene rings is 1. The van der Waals surface area contributed by atoms with Crippen LogP contribution in [0.25, 0.3) is 0 Å². The second-order valence-corrected chi connectivity index (χ2v) is 8.56. The lowest BCUT2D eigenvalue weighted by atomic mass is 10.1. The second-order valence-electron chi connectivity index (χ2n) is 7.42. The fourth-order valence-electron chi connectivity index (χ4n) is 4.06. The van der Waals surface area contributed by atoms with Crippen LogP contribution in [0.15, 0.2) is 30.3 Å². The van der Waals surface area contributed by atoms with Crippen LogP contribution in [-0.4, -0.2) is 16.8 Å². The number of hydrogen-bond donors (Lipinski definition) is 1. The van der Waals surface area contributed by atoms with Crippen LogP contribution in [0.4, 0.5) is 4.39 Å². The Kier molecular flexibility index (Phi) is 5.36. The highest BCUT2D eigenvalue weighted by atomic mass is 32.1. The number of carbonyl (C=O) groups is 1. The van der Waals surface area contributed by atoms with E-state index in [1.165, 1.54) is 61.1 Å². The van der Waals surface area contributed by atoms with Crippen molar-refractivity contribution >= 4 is 17.2 Å². The second kappa shape index (κ2) is 7.89. The molecule has 1 N–H and O–H groups in total. The molecule has 138 valence electrons. The van der Waals surface area contributed by atoms with E-state index < -0.39 is 0 Å². The molecule has 26 heavy (non-hydrogen) atoms. The van der Waals surface area contributed by atoms with E-state index in [4.69, 9.17) is 0 Å². The molecule has 0 unspecified atom stereocenters. The average Bonchev–Trinajstić information content (AvgIpc) is 3.09. The highest BCUT2D eigenvalue weighted by molar-refractivity contribution is 7.14. The Morgan fingerprint density at radius 2 is 1.85 bits per heavy atom. The summed E-state index contributed by atoms with van der Waals surface area (Å²) in [6.45, 7) is 2.41. The molecule has 1 fully saturated rings. The fraction of sp³-hybridized carbons (Fsp3) is 0.476. The van der Waals surface area contributed by atoms with Gasteiger partial charge in [-0.25, -0.2) is 4.39 Å². The molecule has 1 amide bonds. The van der Waals surface area contributed by atoms with Crippen LogP contribution in [0.2, 0.25) is 0 Å². The SMILES string of the molecule is O=C(NCc1ccc(F)cc1)c1cc2c(s1)CN(C1CCCCCC1)C2. The van der Waals surface area contributed by atoms with Gasteiger partial charge >= 0.3 is 0 Å². The molecule has 1 aromatic heterocycles. The quantitative estimate of drug-likeness (QED) is 0.778. The molecule has 2 aromatic rings. The molecule has 4 rings (SSSR count). The van der Waals surface area contributed by atoms with Gasteiger partial charge in [-0.05, 0) is 42.2 Å². The van der Waals surface area contributed by atoms with Gasteiger partial charge < -0.3 is 5.32 Å². The highest BCUT2D eigenvalue weighted by Gasteiger charge is 2.29. The zero-order valence-electron chi connectivity index (χ0n) is 15.0. The van der Waals surface area contributed by atoms with Gasteiger partial charge in [-0.15, -0.1) is 11.3 Å². The van der Waals surface area contributed by atoms with Crippen LogP contribution in [0.5, 0.6) is 0 Å². The maximum atomic E-state index is 12.9. The zero-order chi connectivity index (χ0) is 17.9. The summed E-state index contributed by atoms with van der Waals surface area (Å²) in [5.41, 5.74) is 2.23. The standard InChI is InChI=1S/C21H25FN2OS/c22-17-9-7-15(8-10-17)12-23-21(25)19-11-16-13-24(14-20(16)26-19)18-5-3-1-2-4-6-18/h7-11,18H,1-6,12-14H2,(H,23,25). The highest BCUT2D eigenvalue weighted by Crippen LogP contribution is 2.35. The van der Waals surface area contributed by atoms with Crippen molar-refractivity contribution in [1.29, 1.82) is 0 Å². The van der Waals surface area contributed by atoms with E-state index in [1.807, 2.05) is 0 Å². The van der Waals surface area contributed by atoms with E-state index in [0.717, 1.165) is 23.5 Å². The molecule has 2 aliphatic rings. The minimum atomic E-state index is -0.256. The first-order chi connectivity index (χ1) is 12.7. The van der Waals surface area contributed by atoms with Gasteiger partial charge in [-0.1, -0.05) is 37.8 Å². The maximum Gasteiger partial charge on any atom is 0.261 e. The summed E-state index contributed by atoms with van der Waals surface area (Å²) in [5, 5.41) is 2.94. The van der Waals surface area contributed by atoms with Gasteiger partial charge in [-0.3, -0.25) is 9.69 Å². The number of thiophene rings is 1. The third-order valence-electron chi connectivity index (χ3n) is 5.55. The summed E-state index contributed by atoms with van der Waals surface area (Å²) in [4.78, 5) is 17.2. The summed E-state index contributed by atoms with van der Waals surface area (Å²) in [6, 6.07) is 9.03. The van der Waals surface area contributed by atoms with Gasteiger partial charge in [0.05, 0.1) is 4.88 Å². The predicted octanol–water partition coefficient (Wildman–Crippen LogP) is 4.86. The maximum absolute atomic E-state index is 12.9. The molecule has 0 atom stereocenters. The predicted molar refractivity (Wildman–Crippen MR) is 103 cm³/mol. The minimum absolute atomic E-state index is 0.0326. The lowest BCUT2D eigenvalue weighted by Crippen LogP contribution is -2.30. The summed E-state index contributed by atoms with van der Waals surface area (Å²) in [6.07, 6.45) is 8.10. The van der Waals surface area contributed by atoms with Crippen molar-refractivity contribution in [2.75, 3.05) is 0 Å². The first-order valence-electron chi connectivity index (χ1n) is 9.57. The van der Waals surface area contributed by atoms with Gasteiger partial charge in [0.2, 0.25) is 0 Å². The fourth-order valence-corrected chi connectivity index (χ4v) is 5.17. The Labute approximate surface area is 158 Å². The normalized spacial score (nSPS) is 18.5. The lowest BCUT2D eigenvalue weighted by molar-refractivity contribution is 0.0954. The van der Waals surface area contributed by atoms with E-state index in [-0.39, 0.29) is 11.7 Å². The number of rotatable bonds is 4. The van der Waals surface area contributed by atoms with E-state index in [2.05, 4.69) is 16.3 Å². The van der Waals surface area contributed by atoms with Crippen LogP contribution in [-0.2, 0) is 19.6 Å². The number of carbonyl (C=O) groups excluding carboxylic acids is 1. The monoisotopic (exact) mass is 372 g/mol. The van der Waals surface area contributed by atoms with Gasteiger partial charge in [0.1, 0.15) is 5.82 Å². The molecule has 5 heteroatoms. The molecule has 1 saturated carbocycles. The number of fused-ring (bicyclic) bond motifs is 1. The largest absolute Gasteiger partial charge is 0.347 e. The Balaban J connectivity index is 1.34. The van der Waals surface area contributed by atoms with Gasteiger partial charge in [-0.2, -0.15) is 0 Å². The van der Waals surface area contributed by atoms with Crippen molar-refractivity contribution in [2.45, 2.75) is 64.2 Å². The van der Waals surface area contributed by atoms with Crippen LogP contribution < -0.4 is 5.32 Å². The lowest BCUT2D eigenvalue weighted by Gasteiger charge is -2.26. The average molecular weight is 373 g/mol. The van der Waals surface area contributed by atoms with Gasteiger partial charge in [0, 0.05) is 30.6 Å². The first-order valence-corrected chi connectivity index (χ1v) is 10.4. The molecule has 3 nitrogen and oxygen atoms in total. The zero-order valence-corrected chi connectivity index (χ0v) is 15.8. The molecule has 0 bridgehead atoms. The van der Waals surface area contributed by atoms with Crippen molar-refractivity contribution in [1.82, 2.24) is 10.2 Å². The molecular weight excluding hydrogens is 347 g/mol. The van der Waals surface area contributed by atoms with Crippen LogP contribution in [0, 0.1) is 5.82 Å². The number of halogens is 1. The van der Waals surface area contributed by atoms with Crippen LogP contribution in [0.3, 0.4) is 0 Å². The summed E-state index contributed by atoms with van der Waals surface area (Å²) in [5.74, 6) is -0.289. The molecule has 1 aromatic carbocycles. The van der Waals surface area contributed by atoms with E-state index in [0.29, 0.717) is 12.6 Å². The van der Waals surface area contributed by atoms with Gasteiger partial charge in [0.15, 0.2) is 0 Å². The Hall–Kier alpha value is -1.72. The summed E-state index contributed by atoms with van der Waals surface area (Å²) < 4.78 is 12.9. The van der Waals surface area contributed by atoms with Crippen molar-refractivity contribution in [3.05, 3.63) is 57.0 Å². The Morgan fingerprint density at radius 1 is 1.12 bits per heavy atom. The third kappa shape index (κ3) is 3.99.